The monoisotopic (exact) mass is 220 g/mol. The molecule has 0 saturated carbocycles. The number of nitrogen functional groups attached to an aromatic ring is 1. The number of pyridine rings is 1. The summed E-state index contributed by atoms with van der Waals surface area (Å²) in [5.74, 6) is 0.523. The highest BCUT2D eigenvalue weighted by atomic mass is 32.1. The Bertz CT molecular complexity index is 452. The van der Waals surface area contributed by atoms with E-state index in [0.29, 0.717) is 5.82 Å². The highest BCUT2D eigenvalue weighted by molar-refractivity contribution is 7.11. The van der Waals surface area contributed by atoms with Gasteiger partial charge in [0.25, 0.3) is 0 Å². The predicted molar refractivity (Wildman–Crippen MR) is 62.8 cm³/mol. The lowest BCUT2D eigenvalue weighted by molar-refractivity contribution is 1.10. The van der Waals surface area contributed by atoms with Crippen LogP contribution in [0.4, 0.5) is 11.5 Å². The molecule has 2 aromatic heterocycles. The third-order valence-corrected chi connectivity index (χ3v) is 2.81. The van der Waals surface area contributed by atoms with E-state index >= 15 is 0 Å². The van der Waals surface area contributed by atoms with Crippen molar-refractivity contribution in [2.75, 3.05) is 11.1 Å². The van der Waals surface area contributed by atoms with Gasteiger partial charge in [-0.25, -0.2) is 9.97 Å². The average Bonchev–Trinajstić information content (AvgIpc) is 2.62. The van der Waals surface area contributed by atoms with E-state index in [0.717, 1.165) is 17.2 Å². The van der Waals surface area contributed by atoms with E-state index < -0.39 is 0 Å². The average molecular weight is 220 g/mol. The van der Waals surface area contributed by atoms with Crippen molar-refractivity contribution in [1.82, 2.24) is 9.97 Å². The number of nitrogens with two attached hydrogens (primary N) is 1. The highest BCUT2D eigenvalue weighted by Crippen LogP contribution is 2.14. The second-order valence-corrected chi connectivity index (χ2v) is 4.51. The van der Waals surface area contributed by atoms with E-state index in [2.05, 4.69) is 15.3 Å². The molecule has 3 N–H and O–H groups in total. The first-order valence-corrected chi connectivity index (χ1v) is 5.42. The topological polar surface area (TPSA) is 63.8 Å². The number of aryl methyl sites for hydroxylation is 1. The highest BCUT2D eigenvalue weighted by Gasteiger charge is 1.98. The molecule has 0 radical (unpaired) electrons. The molecule has 4 nitrogen and oxygen atoms in total. The maximum atomic E-state index is 5.57. The van der Waals surface area contributed by atoms with Gasteiger partial charge in [0.05, 0.1) is 6.54 Å². The van der Waals surface area contributed by atoms with Crippen LogP contribution in [0.2, 0.25) is 0 Å². The lowest BCUT2D eigenvalue weighted by Crippen LogP contribution is -2.00. The number of hydrogen-bond donors (Lipinski definition) is 2. The van der Waals surface area contributed by atoms with Crippen LogP contribution < -0.4 is 11.1 Å². The minimum atomic E-state index is 0.523. The molecule has 0 aliphatic carbocycles. The summed E-state index contributed by atoms with van der Waals surface area (Å²) in [4.78, 5) is 9.41. The standard InChI is InChI=1S/C10H12N4S/c1-7-5-14-10(15-7)6-13-8-2-3-12-9(11)4-8/h2-5H,6H2,1H3,(H3,11,12,13). The number of aromatic nitrogens is 2. The number of nitrogens with zero attached hydrogens (tertiary/aromatic N) is 2. The first kappa shape index (κ1) is 9.92. The van der Waals surface area contributed by atoms with Crippen molar-refractivity contribution in [3.8, 4) is 0 Å². The number of anilines is 2. The molecular weight excluding hydrogens is 208 g/mol. The van der Waals surface area contributed by atoms with Crippen LogP contribution in [-0.2, 0) is 6.54 Å². The molecule has 0 aromatic carbocycles. The van der Waals surface area contributed by atoms with Crippen molar-refractivity contribution >= 4 is 22.8 Å². The lowest BCUT2D eigenvalue weighted by Gasteiger charge is -2.03. The Balaban J connectivity index is 1.99. The van der Waals surface area contributed by atoms with Gasteiger partial charge in [0, 0.05) is 29.0 Å². The Morgan fingerprint density at radius 2 is 2.33 bits per heavy atom. The van der Waals surface area contributed by atoms with Crippen LogP contribution in [0.5, 0.6) is 0 Å². The SMILES string of the molecule is Cc1cnc(CNc2ccnc(N)c2)s1. The zero-order valence-corrected chi connectivity index (χ0v) is 9.21. The van der Waals surface area contributed by atoms with Crippen molar-refractivity contribution in [2.45, 2.75) is 13.5 Å². The van der Waals surface area contributed by atoms with Crippen LogP contribution in [0, 0.1) is 6.92 Å². The van der Waals surface area contributed by atoms with E-state index in [4.69, 9.17) is 5.73 Å². The molecule has 0 aliphatic rings. The van der Waals surface area contributed by atoms with E-state index in [9.17, 15) is 0 Å². The van der Waals surface area contributed by atoms with Crippen LogP contribution in [0.25, 0.3) is 0 Å². The van der Waals surface area contributed by atoms with Crippen molar-refractivity contribution < 1.29 is 0 Å². The van der Waals surface area contributed by atoms with Gasteiger partial charge in [-0.1, -0.05) is 0 Å². The minimum Gasteiger partial charge on any atom is -0.384 e. The molecule has 0 saturated heterocycles. The summed E-state index contributed by atoms with van der Waals surface area (Å²) in [5, 5.41) is 4.32. The maximum Gasteiger partial charge on any atom is 0.125 e. The lowest BCUT2D eigenvalue weighted by atomic mass is 10.4. The van der Waals surface area contributed by atoms with Gasteiger partial charge in [-0.2, -0.15) is 0 Å². The van der Waals surface area contributed by atoms with Crippen molar-refractivity contribution in [3.63, 3.8) is 0 Å². The van der Waals surface area contributed by atoms with Crippen molar-refractivity contribution in [3.05, 3.63) is 34.4 Å². The Morgan fingerprint density at radius 1 is 1.47 bits per heavy atom. The Kier molecular flexibility index (Phi) is 2.82. The largest absolute Gasteiger partial charge is 0.384 e. The van der Waals surface area contributed by atoms with Gasteiger partial charge in [-0.3, -0.25) is 0 Å². The Hall–Kier alpha value is -1.62. The Morgan fingerprint density at radius 3 is 3.00 bits per heavy atom. The van der Waals surface area contributed by atoms with Crippen molar-refractivity contribution in [2.24, 2.45) is 0 Å². The minimum absolute atomic E-state index is 0.523. The number of thiazole rings is 1. The molecule has 78 valence electrons. The molecule has 0 amide bonds. The van der Waals surface area contributed by atoms with Crippen LogP contribution in [-0.4, -0.2) is 9.97 Å². The summed E-state index contributed by atoms with van der Waals surface area (Å²) in [6, 6.07) is 3.69. The van der Waals surface area contributed by atoms with Gasteiger partial charge in [-0.05, 0) is 13.0 Å². The fourth-order valence-corrected chi connectivity index (χ4v) is 1.95. The quantitative estimate of drug-likeness (QED) is 0.830. The second kappa shape index (κ2) is 4.27. The molecule has 0 spiro atoms. The third kappa shape index (κ3) is 2.66. The fraction of sp³-hybridized carbons (Fsp3) is 0.200. The van der Waals surface area contributed by atoms with Crippen molar-refractivity contribution in [1.29, 1.82) is 0 Å². The smallest absolute Gasteiger partial charge is 0.125 e. The molecule has 5 heteroatoms. The van der Waals surface area contributed by atoms with Crippen LogP contribution >= 0.6 is 11.3 Å². The number of nitrogens with one attached hydrogen (secondary N) is 1. The van der Waals surface area contributed by atoms with Gasteiger partial charge < -0.3 is 11.1 Å². The second-order valence-electron chi connectivity index (χ2n) is 3.19. The first-order valence-electron chi connectivity index (χ1n) is 4.61. The summed E-state index contributed by atoms with van der Waals surface area (Å²) >= 11 is 1.69. The fourth-order valence-electron chi connectivity index (χ4n) is 1.22. The molecule has 2 heterocycles. The summed E-state index contributed by atoms with van der Waals surface area (Å²) < 4.78 is 0. The third-order valence-electron chi connectivity index (χ3n) is 1.89. The zero-order chi connectivity index (χ0) is 10.7. The van der Waals surface area contributed by atoms with Gasteiger partial charge in [0.15, 0.2) is 0 Å². The van der Waals surface area contributed by atoms with Gasteiger partial charge in [0.1, 0.15) is 10.8 Å². The van der Waals surface area contributed by atoms with E-state index in [-0.39, 0.29) is 0 Å². The normalized spacial score (nSPS) is 10.2. The molecule has 0 fully saturated rings. The first-order chi connectivity index (χ1) is 7.24. The van der Waals surface area contributed by atoms with Gasteiger partial charge in [-0.15, -0.1) is 11.3 Å². The molecule has 0 bridgehead atoms. The molecular formula is C10H12N4S. The molecule has 0 atom stereocenters. The molecule has 0 aliphatic heterocycles. The summed E-state index contributed by atoms with van der Waals surface area (Å²) in [7, 11) is 0. The van der Waals surface area contributed by atoms with Crippen LogP contribution in [0.1, 0.15) is 9.88 Å². The van der Waals surface area contributed by atoms with E-state index in [1.54, 1.807) is 23.6 Å². The maximum absolute atomic E-state index is 5.57. The summed E-state index contributed by atoms with van der Waals surface area (Å²) in [5.41, 5.74) is 6.54. The van der Waals surface area contributed by atoms with E-state index in [1.165, 1.54) is 4.88 Å². The number of rotatable bonds is 3. The van der Waals surface area contributed by atoms with Gasteiger partial charge in [0.2, 0.25) is 0 Å². The number of hydrogen-bond acceptors (Lipinski definition) is 5. The predicted octanol–water partition coefficient (Wildman–Crippen LogP) is 2.04. The van der Waals surface area contributed by atoms with E-state index in [1.807, 2.05) is 19.2 Å². The molecule has 2 rings (SSSR count). The summed E-state index contributed by atoms with van der Waals surface area (Å²) in [6.45, 7) is 2.77. The molecule has 0 unspecified atom stereocenters. The van der Waals surface area contributed by atoms with Crippen LogP contribution in [0.15, 0.2) is 24.5 Å². The molecule has 15 heavy (non-hydrogen) atoms. The van der Waals surface area contributed by atoms with Gasteiger partial charge >= 0.3 is 0 Å². The van der Waals surface area contributed by atoms with Crippen LogP contribution in [0.3, 0.4) is 0 Å². The zero-order valence-electron chi connectivity index (χ0n) is 8.40. The summed E-state index contributed by atoms with van der Waals surface area (Å²) in [6.07, 6.45) is 3.56. The molecule has 2 aromatic rings. The Labute approximate surface area is 92.2 Å².